The molecule has 4 nitrogen and oxygen atoms in total. The minimum absolute atomic E-state index is 0.0914. The molecule has 1 aromatic heterocycles. The first-order chi connectivity index (χ1) is 8.06. The monoisotopic (exact) mass is 228 g/mol. The van der Waals surface area contributed by atoms with Crippen LogP contribution in [-0.4, -0.2) is 11.9 Å². The Morgan fingerprint density at radius 1 is 1.06 bits per heavy atom. The summed E-state index contributed by atoms with van der Waals surface area (Å²) in [6.07, 6.45) is 0.0914. The molecule has 1 aliphatic rings. The number of ether oxygens (including phenoxy) is 1. The van der Waals surface area contributed by atoms with Crippen LogP contribution in [0.4, 0.5) is 0 Å². The summed E-state index contributed by atoms with van der Waals surface area (Å²) in [6, 6.07) is 3.38. The summed E-state index contributed by atoms with van der Waals surface area (Å²) in [5, 5.41) is 1.50. The maximum absolute atomic E-state index is 11.5. The lowest BCUT2D eigenvalue weighted by Crippen LogP contribution is -2.23. The number of cyclic esters (lactones) is 2. The van der Waals surface area contributed by atoms with Gasteiger partial charge in [0.25, 0.3) is 0 Å². The van der Waals surface area contributed by atoms with Crippen molar-refractivity contribution in [1.29, 1.82) is 0 Å². The third-order valence-corrected chi connectivity index (χ3v) is 2.85. The van der Waals surface area contributed by atoms with Crippen molar-refractivity contribution in [3.05, 3.63) is 34.1 Å². The summed E-state index contributed by atoms with van der Waals surface area (Å²) in [5.41, 5.74) is 1.98. The van der Waals surface area contributed by atoms with Gasteiger partial charge in [0, 0.05) is 10.8 Å². The predicted molar refractivity (Wildman–Crippen MR) is 60.6 cm³/mol. The third kappa shape index (κ3) is 1.30. The van der Waals surface area contributed by atoms with E-state index in [1.807, 2.05) is 0 Å². The van der Waals surface area contributed by atoms with E-state index in [0.29, 0.717) is 22.0 Å². The highest BCUT2D eigenvalue weighted by Crippen LogP contribution is 2.21. The molecule has 0 fully saturated rings. The Kier molecular flexibility index (Phi) is 1.78. The maximum atomic E-state index is 11.5. The lowest BCUT2D eigenvalue weighted by molar-refractivity contribution is -0.137. The van der Waals surface area contributed by atoms with E-state index in [1.54, 1.807) is 12.1 Å². The molecule has 0 spiro atoms. The van der Waals surface area contributed by atoms with Gasteiger partial charge in [0.05, 0.1) is 12.0 Å². The molecule has 3 rings (SSSR count). The number of carbonyl (C=O) groups is 2. The summed E-state index contributed by atoms with van der Waals surface area (Å²) in [5.74, 6) is -1.16. The molecule has 0 aliphatic carbocycles. The number of furan rings is 1. The molecule has 0 amide bonds. The summed E-state index contributed by atoms with van der Waals surface area (Å²) in [6.45, 7) is 7.48. The average molecular weight is 228 g/mol. The highest BCUT2D eigenvalue weighted by molar-refractivity contribution is 6.05. The van der Waals surface area contributed by atoms with Crippen LogP contribution in [0.5, 0.6) is 0 Å². The van der Waals surface area contributed by atoms with Crippen LogP contribution < -0.4 is 10.8 Å². The number of rotatable bonds is 0. The highest BCUT2D eigenvalue weighted by atomic mass is 16.6. The minimum atomic E-state index is -0.621. The third-order valence-electron chi connectivity index (χ3n) is 2.85. The van der Waals surface area contributed by atoms with Crippen LogP contribution in [0.3, 0.4) is 0 Å². The van der Waals surface area contributed by atoms with Crippen LogP contribution in [0.25, 0.3) is 23.9 Å². The van der Waals surface area contributed by atoms with Gasteiger partial charge in [-0.1, -0.05) is 13.2 Å². The largest absolute Gasteiger partial charge is 0.457 e. The lowest BCUT2D eigenvalue weighted by atomic mass is 9.99. The van der Waals surface area contributed by atoms with Crippen molar-refractivity contribution in [1.82, 2.24) is 0 Å². The number of fused-ring (bicyclic) bond motifs is 2. The van der Waals surface area contributed by atoms with Crippen LogP contribution in [0.1, 0.15) is 15.9 Å². The Hall–Kier alpha value is -2.36. The van der Waals surface area contributed by atoms with E-state index in [0.717, 1.165) is 10.8 Å². The van der Waals surface area contributed by atoms with E-state index in [2.05, 4.69) is 17.9 Å². The van der Waals surface area contributed by atoms with Gasteiger partial charge in [-0.2, -0.15) is 0 Å². The van der Waals surface area contributed by atoms with Crippen LogP contribution >= 0.6 is 0 Å². The first-order valence-corrected chi connectivity index (χ1v) is 5.04. The summed E-state index contributed by atoms with van der Waals surface area (Å²) >= 11 is 0. The van der Waals surface area contributed by atoms with E-state index in [4.69, 9.17) is 4.42 Å². The molecule has 4 heteroatoms. The molecule has 0 unspecified atom stereocenters. The van der Waals surface area contributed by atoms with Gasteiger partial charge in [0.15, 0.2) is 0 Å². The van der Waals surface area contributed by atoms with E-state index in [1.165, 1.54) is 0 Å². The van der Waals surface area contributed by atoms with Crippen molar-refractivity contribution in [2.45, 2.75) is 6.42 Å². The highest BCUT2D eigenvalue weighted by Gasteiger charge is 2.25. The summed E-state index contributed by atoms with van der Waals surface area (Å²) < 4.78 is 9.85. The normalized spacial score (nSPS) is 14.8. The van der Waals surface area contributed by atoms with Crippen molar-refractivity contribution in [2.75, 3.05) is 0 Å². The SMILES string of the molecule is C=c1oc(=C)c2cc3c(cc12)CC(=O)OC3=O. The van der Waals surface area contributed by atoms with E-state index in [9.17, 15) is 9.59 Å². The fourth-order valence-electron chi connectivity index (χ4n) is 2.05. The van der Waals surface area contributed by atoms with Gasteiger partial charge in [0.2, 0.25) is 0 Å². The first-order valence-electron chi connectivity index (χ1n) is 5.04. The lowest BCUT2D eigenvalue weighted by Gasteiger charge is -2.13. The zero-order valence-electron chi connectivity index (χ0n) is 8.91. The van der Waals surface area contributed by atoms with E-state index in [-0.39, 0.29) is 6.42 Å². The topological polar surface area (TPSA) is 56.5 Å². The standard InChI is InChI=1S/C13H8O4/c1-6-9-3-8-4-12(14)17-13(15)11(8)5-10(9)7(2)16-6/h3,5H,1-2,4H2. The number of hydrogen-bond donors (Lipinski definition) is 0. The summed E-state index contributed by atoms with van der Waals surface area (Å²) in [7, 11) is 0. The Labute approximate surface area is 95.8 Å². The van der Waals surface area contributed by atoms with Crippen molar-refractivity contribution in [3.63, 3.8) is 0 Å². The Morgan fingerprint density at radius 3 is 2.41 bits per heavy atom. The van der Waals surface area contributed by atoms with Gasteiger partial charge in [-0.05, 0) is 17.7 Å². The molecule has 0 radical (unpaired) electrons. The predicted octanol–water partition coefficient (Wildman–Crippen LogP) is 0.493. The number of carbonyl (C=O) groups excluding carboxylic acids is 2. The summed E-state index contributed by atoms with van der Waals surface area (Å²) in [4.78, 5) is 22.7. The van der Waals surface area contributed by atoms with Gasteiger partial charge in [-0.25, -0.2) is 4.79 Å². The van der Waals surface area contributed by atoms with Gasteiger partial charge in [0.1, 0.15) is 10.8 Å². The number of esters is 2. The molecule has 2 aromatic rings. The minimum Gasteiger partial charge on any atom is -0.457 e. The Morgan fingerprint density at radius 2 is 1.71 bits per heavy atom. The van der Waals surface area contributed by atoms with Crippen LogP contribution in [0.15, 0.2) is 16.5 Å². The van der Waals surface area contributed by atoms with Crippen LogP contribution in [-0.2, 0) is 16.0 Å². The quantitative estimate of drug-likeness (QED) is 0.486. The maximum Gasteiger partial charge on any atom is 0.346 e. The number of benzene rings is 1. The van der Waals surface area contributed by atoms with Crippen molar-refractivity contribution < 1.29 is 18.7 Å². The molecule has 1 aromatic carbocycles. The van der Waals surface area contributed by atoms with Crippen molar-refractivity contribution in [2.24, 2.45) is 0 Å². The van der Waals surface area contributed by atoms with Gasteiger partial charge < -0.3 is 9.15 Å². The Balaban J connectivity index is 2.43. The molecule has 0 atom stereocenters. The average Bonchev–Trinajstić information content (AvgIpc) is 2.52. The molecule has 0 bridgehead atoms. The van der Waals surface area contributed by atoms with Crippen LogP contribution in [0, 0.1) is 0 Å². The smallest absolute Gasteiger partial charge is 0.346 e. The molecule has 84 valence electrons. The molecule has 2 heterocycles. The molecular formula is C13H8O4. The van der Waals surface area contributed by atoms with Gasteiger partial charge in [-0.15, -0.1) is 0 Å². The van der Waals surface area contributed by atoms with E-state index >= 15 is 0 Å². The fraction of sp³-hybridized carbons (Fsp3) is 0.0769. The molecule has 0 saturated carbocycles. The molecular weight excluding hydrogens is 220 g/mol. The van der Waals surface area contributed by atoms with Crippen molar-refractivity contribution in [3.8, 4) is 0 Å². The van der Waals surface area contributed by atoms with Crippen molar-refractivity contribution >= 4 is 35.9 Å². The number of hydrogen-bond acceptors (Lipinski definition) is 4. The molecule has 0 saturated heterocycles. The second-order valence-electron chi connectivity index (χ2n) is 3.94. The zero-order chi connectivity index (χ0) is 12.2. The molecule has 0 N–H and O–H groups in total. The second-order valence-corrected chi connectivity index (χ2v) is 3.94. The molecule has 1 aliphatic heterocycles. The van der Waals surface area contributed by atoms with E-state index < -0.39 is 11.9 Å². The fourth-order valence-corrected chi connectivity index (χ4v) is 2.05. The Bertz CT molecular complexity index is 767. The zero-order valence-corrected chi connectivity index (χ0v) is 8.91. The van der Waals surface area contributed by atoms with Crippen LogP contribution in [0.2, 0.25) is 0 Å². The second kappa shape index (κ2) is 3.07. The van der Waals surface area contributed by atoms with Gasteiger partial charge >= 0.3 is 11.9 Å². The van der Waals surface area contributed by atoms with Gasteiger partial charge in [-0.3, -0.25) is 4.79 Å². The first kappa shape index (κ1) is 9.84. The molecule has 17 heavy (non-hydrogen) atoms.